The minimum Gasteiger partial charge on any atom is -0.341 e. The molecule has 2 fully saturated rings. The van der Waals surface area contributed by atoms with Crippen molar-refractivity contribution in [1.82, 2.24) is 9.80 Å². The van der Waals surface area contributed by atoms with Gasteiger partial charge in [0.2, 0.25) is 5.91 Å². The van der Waals surface area contributed by atoms with Crippen LogP contribution >= 0.6 is 0 Å². The SMILES string of the molecule is CC(N)(C(=O)N1CCC(CN2CCCC2)CC1)c1ccccc1. The molecular weight excluding hydrogens is 286 g/mol. The van der Waals surface area contributed by atoms with Gasteiger partial charge in [-0.1, -0.05) is 30.3 Å². The Kier molecular flexibility index (Phi) is 5.02. The zero-order valence-corrected chi connectivity index (χ0v) is 14.2. The Hall–Kier alpha value is -1.39. The third kappa shape index (κ3) is 3.75. The van der Waals surface area contributed by atoms with Crippen molar-refractivity contribution >= 4 is 5.91 Å². The topological polar surface area (TPSA) is 49.6 Å². The molecular formula is C19H29N3O. The molecule has 0 radical (unpaired) electrons. The molecule has 23 heavy (non-hydrogen) atoms. The highest BCUT2D eigenvalue weighted by atomic mass is 16.2. The average Bonchev–Trinajstić information content (AvgIpc) is 3.09. The molecule has 0 saturated carbocycles. The fourth-order valence-electron chi connectivity index (χ4n) is 3.89. The van der Waals surface area contributed by atoms with Crippen molar-refractivity contribution in [2.24, 2.45) is 11.7 Å². The number of benzene rings is 1. The van der Waals surface area contributed by atoms with E-state index >= 15 is 0 Å². The molecule has 126 valence electrons. The maximum atomic E-state index is 12.9. The number of nitrogens with two attached hydrogens (primary N) is 1. The first-order valence-corrected chi connectivity index (χ1v) is 8.93. The van der Waals surface area contributed by atoms with E-state index in [4.69, 9.17) is 5.73 Å². The lowest BCUT2D eigenvalue weighted by Crippen LogP contribution is -2.53. The van der Waals surface area contributed by atoms with Gasteiger partial charge in [-0.15, -0.1) is 0 Å². The summed E-state index contributed by atoms with van der Waals surface area (Å²) in [6, 6.07) is 9.72. The summed E-state index contributed by atoms with van der Waals surface area (Å²) in [5, 5.41) is 0. The minimum absolute atomic E-state index is 0.0586. The number of hydrogen-bond donors (Lipinski definition) is 1. The summed E-state index contributed by atoms with van der Waals surface area (Å²) in [4.78, 5) is 17.4. The van der Waals surface area contributed by atoms with Gasteiger partial charge in [-0.3, -0.25) is 4.79 Å². The first kappa shape index (κ1) is 16.5. The van der Waals surface area contributed by atoms with Crippen LogP contribution < -0.4 is 5.73 Å². The Morgan fingerprint density at radius 1 is 1.13 bits per heavy atom. The number of rotatable bonds is 4. The highest BCUT2D eigenvalue weighted by Crippen LogP contribution is 2.25. The van der Waals surface area contributed by atoms with Gasteiger partial charge in [-0.05, 0) is 57.2 Å². The van der Waals surface area contributed by atoms with Crippen molar-refractivity contribution in [3.8, 4) is 0 Å². The normalized spacial score (nSPS) is 23.0. The van der Waals surface area contributed by atoms with Crippen molar-refractivity contribution in [2.75, 3.05) is 32.7 Å². The fourth-order valence-corrected chi connectivity index (χ4v) is 3.89. The van der Waals surface area contributed by atoms with Crippen LogP contribution in [0.3, 0.4) is 0 Å². The van der Waals surface area contributed by atoms with E-state index in [2.05, 4.69) is 4.90 Å². The van der Waals surface area contributed by atoms with Crippen LogP contribution in [0.1, 0.15) is 38.2 Å². The van der Waals surface area contributed by atoms with Crippen molar-refractivity contribution < 1.29 is 4.79 Å². The maximum absolute atomic E-state index is 12.9. The Balaban J connectivity index is 1.55. The van der Waals surface area contributed by atoms with Crippen molar-refractivity contribution in [2.45, 2.75) is 38.1 Å². The summed E-state index contributed by atoms with van der Waals surface area (Å²) < 4.78 is 0. The summed E-state index contributed by atoms with van der Waals surface area (Å²) in [5.74, 6) is 0.793. The molecule has 4 heteroatoms. The smallest absolute Gasteiger partial charge is 0.246 e. The van der Waals surface area contributed by atoms with Gasteiger partial charge in [0, 0.05) is 19.6 Å². The van der Waals surface area contributed by atoms with Crippen molar-refractivity contribution in [1.29, 1.82) is 0 Å². The fraction of sp³-hybridized carbons (Fsp3) is 0.632. The molecule has 1 amide bonds. The second-order valence-corrected chi connectivity index (χ2v) is 7.31. The molecule has 2 aliphatic heterocycles. The van der Waals surface area contributed by atoms with E-state index in [-0.39, 0.29) is 5.91 Å². The zero-order valence-electron chi connectivity index (χ0n) is 14.2. The molecule has 0 spiro atoms. The second-order valence-electron chi connectivity index (χ2n) is 7.31. The standard InChI is InChI=1S/C19H29N3O/c1-19(20,17-7-3-2-4-8-17)18(23)22-13-9-16(10-14-22)15-21-11-5-6-12-21/h2-4,7-8,16H,5-6,9-15,20H2,1H3. The minimum atomic E-state index is -0.928. The lowest BCUT2D eigenvalue weighted by Gasteiger charge is -2.38. The van der Waals surface area contributed by atoms with Gasteiger partial charge in [0.05, 0.1) is 0 Å². The Bertz CT molecular complexity index is 515. The molecule has 0 aliphatic carbocycles. The molecule has 1 aromatic carbocycles. The first-order valence-electron chi connectivity index (χ1n) is 8.93. The summed E-state index contributed by atoms with van der Waals surface area (Å²) in [7, 11) is 0. The summed E-state index contributed by atoms with van der Waals surface area (Å²) in [6.45, 7) is 7.25. The van der Waals surface area contributed by atoms with Crippen LogP contribution in [-0.4, -0.2) is 48.4 Å². The maximum Gasteiger partial charge on any atom is 0.246 e. The van der Waals surface area contributed by atoms with Crippen LogP contribution in [0.25, 0.3) is 0 Å². The third-order valence-electron chi connectivity index (χ3n) is 5.43. The highest BCUT2D eigenvalue weighted by Gasteiger charge is 2.36. The Labute approximate surface area is 139 Å². The van der Waals surface area contributed by atoms with Crippen LogP contribution in [0.4, 0.5) is 0 Å². The molecule has 4 nitrogen and oxygen atoms in total. The number of carbonyl (C=O) groups is 1. The van der Waals surface area contributed by atoms with Gasteiger partial charge >= 0.3 is 0 Å². The highest BCUT2D eigenvalue weighted by molar-refractivity contribution is 5.87. The molecule has 1 unspecified atom stereocenters. The van der Waals surface area contributed by atoms with Gasteiger partial charge in [0.15, 0.2) is 0 Å². The van der Waals surface area contributed by atoms with Crippen LogP contribution in [0.5, 0.6) is 0 Å². The number of likely N-dealkylation sites (tertiary alicyclic amines) is 2. The quantitative estimate of drug-likeness (QED) is 0.926. The second kappa shape index (κ2) is 7.02. The summed E-state index contributed by atoms with van der Waals surface area (Å²) in [5.41, 5.74) is 6.34. The molecule has 0 aromatic heterocycles. The van der Waals surface area contributed by atoms with Gasteiger partial charge in [0.1, 0.15) is 5.54 Å². The zero-order chi connectivity index (χ0) is 16.3. The predicted molar refractivity (Wildman–Crippen MR) is 93.0 cm³/mol. The molecule has 2 aliphatic rings. The van der Waals surface area contributed by atoms with Crippen molar-refractivity contribution in [3.63, 3.8) is 0 Å². The molecule has 2 heterocycles. The van der Waals surface area contributed by atoms with Crippen LogP contribution in [-0.2, 0) is 10.3 Å². The predicted octanol–water partition coefficient (Wildman–Crippen LogP) is 2.19. The number of hydrogen-bond acceptors (Lipinski definition) is 3. The molecule has 2 saturated heterocycles. The molecule has 1 atom stereocenters. The number of amides is 1. The lowest BCUT2D eigenvalue weighted by molar-refractivity contribution is -0.138. The van der Waals surface area contributed by atoms with E-state index in [0.717, 1.165) is 37.4 Å². The van der Waals surface area contributed by atoms with Crippen LogP contribution in [0.2, 0.25) is 0 Å². The molecule has 0 bridgehead atoms. The van der Waals surface area contributed by atoms with Gasteiger partial charge < -0.3 is 15.5 Å². The van der Waals surface area contributed by atoms with E-state index in [1.165, 1.54) is 32.5 Å². The number of nitrogens with zero attached hydrogens (tertiary/aromatic N) is 2. The van der Waals surface area contributed by atoms with E-state index in [9.17, 15) is 4.79 Å². The monoisotopic (exact) mass is 315 g/mol. The van der Waals surface area contributed by atoms with Crippen molar-refractivity contribution in [3.05, 3.63) is 35.9 Å². The van der Waals surface area contributed by atoms with Gasteiger partial charge in [-0.2, -0.15) is 0 Å². The molecule has 2 N–H and O–H groups in total. The van der Waals surface area contributed by atoms with Crippen LogP contribution in [0.15, 0.2) is 30.3 Å². The molecule has 3 rings (SSSR count). The van der Waals surface area contributed by atoms with Crippen LogP contribution in [0, 0.1) is 5.92 Å². The first-order chi connectivity index (χ1) is 11.1. The molecule has 1 aromatic rings. The average molecular weight is 315 g/mol. The summed E-state index contributed by atoms with van der Waals surface area (Å²) >= 11 is 0. The van der Waals surface area contributed by atoms with Gasteiger partial charge in [0.25, 0.3) is 0 Å². The van der Waals surface area contributed by atoms with E-state index in [1.807, 2.05) is 42.2 Å². The number of carbonyl (C=O) groups excluding carboxylic acids is 1. The van der Waals surface area contributed by atoms with E-state index in [1.54, 1.807) is 0 Å². The Morgan fingerprint density at radius 2 is 1.74 bits per heavy atom. The third-order valence-corrected chi connectivity index (χ3v) is 5.43. The van der Waals surface area contributed by atoms with E-state index < -0.39 is 5.54 Å². The lowest BCUT2D eigenvalue weighted by atomic mass is 9.89. The largest absolute Gasteiger partial charge is 0.341 e. The Morgan fingerprint density at radius 3 is 2.35 bits per heavy atom. The number of piperidine rings is 1. The van der Waals surface area contributed by atoms with Gasteiger partial charge in [-0.25, -0.2) is 0 Å². The summed E-state index contributed by atoms with van der Waals surface area (Å²) in [6.07, 6.45) is 4.90. The van der Waals surface area contributed by atoms with E-state index in [0.29, 0.717) is 0 Å².